The number of hydrogen-bond acceptors (Lipinski definition) is 3. The highest BCUT2D eigenvalue weighted by molar-refractivity contribution is 7.17. The summed E-state index contributed by atoms with van der Waals surface area (Å²) in [6.45, 7) is 0. The van der Waals surface area contributed by atoms with Crippen LogP contribution in [0.1, 0.15) is 52.0 Å². The minimum atomic E-state index is -0.472. The van der Waals surface area contributed by atoms with E-state index in [1.165, 1.54) is 35.1 Å². The summed E-state index contributed by atoms with van der Waals surface area (Å²) in [5.74, 6) is -0.753. The second-order valence-corrected chi connectivity index (χ2v) is 7.90. The molecule has 0 saturated heterocycles. The summed E-state index contributed by atoms with van der Waals surface area (Å²) in [7, 11) is 0. The van der Waals surface area contributed by atoms with Crippen LogP contribution in [0, 0.1) is 0 Å². The summed E-state index contributed by atoms with van der Waals surface area (Å²) < 4.78 is 0. The normalized spacial score (nSPS) is 14.5. The molecule has 0 aliphatic heterocycles. The smallest absolute Gasteiger partial charge is 0.251 e. The maximum atomic E-state index is 12.3. The SMILES string of the molecule is NC(=O)c1c(NC(=O)C=Cc2ccc(Cl)cc2)sc2c1CCCCCC2. The predicted molar refractivity (Wildman–Crippen MR) is 108 cm³/mol. The van der Waals surface area contributed by atoms with E-state index in [0.29, 0.717) is 15.6 Å². The molecule has 0 radical (unpaired) electrons. The highest BCUT2D eigenvalue weighted by Gasteiger charge is 2.23. The Hall–Kier alpha value is -2.11. The first kappa shape index (κ1) is 18.7. The molecule has 1 aromatic carbocycles. The van der Waals surface area contributed by atoms with E-state index in [2.05, 4.69) is 5.32 Å². The zero-order valence-electron chi connectivity index (χ0n) is 14.4. The Kier molecular flexibility index (Phi) is 6.12. The van der Waals surface area contributed by atoms with Gasteiger partial charge in [-0.3, -0.25) is 9.59 Å². The number of anilines is 1. The van der Waals surface area contributed by atoms with E-state index in [1.807, 2.05) is 12.1 Å². The Morgan fingerprint density at radius 2 is 1.77 bits per heavy atom. The van der Waals surface area contributed by atoms with Crippen LogP contribution in [0.2, 0.25) is 5.02 Å². The van der Waals surface area contributed by atoms with Crippen LogP contribution in [0.3, 0.4) is 0 Å². The van der Waals surface area contributed by atoms with Crippen molar-refractivity contribution >= 4 is 45.8 Å². The zero-order valence-corrected chi connectivity index (χ0v) is 16.0. The Labute approximate surface area is 162 Å². The monoisotopic (exact) mass is 388 g/mol. The fourth-order valence-corrected chi connectivity index (χ4v) is 4.59. The van der Waals surface area contributed by atoms with Gasteiger partial charge in [0.05, 0.1) is 5.56 Å². The van der Waals surface area contributed by atoms with Crippen molar-refractivity contribution in [3.8, 4) is 0 Å². The first-order valence-electron chi connectivity index (χ1n) is 8.73. The lowest BCUT2D eigenvalue weighted by Gasteiger charge is -2.10. The van der Waals surface area contributed by atoms with E-state index in [9.17, 15) is 9.59 Å². The topological polar surface area (TPSA) is 72.2 Å². The average Bonchev–Trinajstić information content (AvgIpc) is 2.91. The molecule has 1 aliphatic rings. The van der Waals surface area contributed by atoms with E-state index in [4.69, 9.17) is 17.3 Å². The third-order valence-corrected chi connectivity index (χ3v) is 5.91. The first-order valence-corrected chi connectivity index (χ1v) is 9.93. The molecule has 2 amide bonds. The second kappa shape index (κ2) is 8.52. The molecule has 0 bridgehead atoms. The Morgan fingerprint density at radius 3 is 2.46 bits per heavy atom. The summed E-state index contributed by atoms with van der Waals surface area (Å²) in [6.07, 6.45) is 9.47. The molecule has 0 atom stereocenters. The van der Waals surface area contributed by atoms with Crippen molar-refractivity contribution in [1.82, 2.24) is 0 Å². The molecule has 26 heavy (non-hydrogen) atoms. The highest BCUT2D eigenvalue weighted by atomic mass is 35.5. The lowest BCUT2D eigenvalue weighted by Crippen LogP contribution is -2.17. The molecule has 6 heteroatoms. The molecule has 4 nitrogen and oxygen atoms in total. The number of aryl methyl sites for hydroxylation is 1. The third kappa shape index (κ3) is 4.54. The zero-order chi connectivity index (χ0) is 18.5. The molecule has 2 aromatic rings. The highest BCUT2D eigenvalue weighted by Crippen LogP contribution is 2.36. The van der Waals surface area contributed by atoms with Gasteiger partial charge in [0.15, 0.2) is 0 Å². The Morgan fingerprint density at radius 1 is 1.08 bits per heavy atom. The summed E-state index contributed by atoms with van der Waals surface area (Å²) in [6, 6.07) is 7.20. The van der Waals surface area contributed by atoms with Gasteiger partial charge in [-0.25, -0.2) is 0 Å². The molecule has 136 valence electrons. The fourth-order valence-electron chi connectivity index (χ4n) is 3.17. The average molecular weight is 389 g/mol. The molecule has 0 fully saturated rings. The number of primary amides is 1. The van der Waals surface area contributed by atoms with Crippen LogP contribution in [0.5, 0.6) is 0 Å². The van der Waals surface area contributed by atoms with Gasteiger partial charge in [-0.1, -0.05) is 36.6 Å². The lowest BCUT2D eigenvalue weighted by molar-refractivity contribution is -0.111. The largest absolute Gasteiger partial charge is 0.365 e. The van der Waals surface area contributed by atoms with Crippen molar-refractivity contribution in [1.29, 1.82) is 0 Å². The number of carbonyl (C=O) groups excluding carboxylic acids is 2. The van der Waals surface area contributed by atoms with E-state index in [0.717, 1.165) is 36.8 Å². The van der Waals surface area contributed by atoms with Crippen LogP contribution in [0.25, 0.3) is 6.08 Å². The van der Waals surface area contributed by atoms with Gasteiger partial charge >= 0.3 is 0 Å². The fraction of sp³-hybridized carbons (Fsp3) is 0.300. The number of nitrogens with one attached hydrogen (secondary N) is 1. The molecule has 0 spiro atoms. The third-order valence-electron chi connectivity index (χ3n) is 4.45. The molecule has 0 saturated carbocycles. The van der Waals surface area contributed by atoms with Gasteiger partial charge < -0.3 is 11.1 Å². The molecule has 3 rings (SSSR count). The number of amides is 2. The van der Waals surface area contributed by atoms with Gasteiger partial charge in [0.2, 0.25) is 5.91 Å². The minimum absolute atomic E-state index is 0.281. The number of carbonyl (C=O) groups is 2. The summed E-state index contributed by atoms with van der Waals surface area (Å²) >= 11 is 7.34. The summed E-state index contributed by atoms with van der Waals surface area (Å²) in [4.78, 5) is 25.5. The van der Waals surface area contributed by atoms with Gasteiger partial charge in [0, 0.05) is 16.0 Å². The molecular formula is C20H21ClN2O2S. The standard InChI is InChI=1S/C20H21ClN2O2S/c21-14-10-7-13(8-11-14)9-12-17(24)23-20-18(19(22)25)15-5-3-1-2-4-6-16(15)26-20/h7-12H,1-6H2,(H2,22,25)(H,23,24). The Bertz CT molecular complexity index is 840. The van der Waals surface area contributed by atoms with Crippen molar-refractivity contribution in [2.24, 2.45) is 5.73 Å². The van der Waals surface area contributed by atoms with Crippen LogP contribution < -0.4 is 11.1 Å². The number of nitrogens with two attached hydrogens (primary N) is 1. The van der Waals surface area contributed by atoms with Crippen LogP contribution in [-0.4, -0.2) is 11.8 Å². The van der Waals surface area contributed by atoms with Gasteiger partial charge in [-0.05, 0) is 55.0 Å². The summed E-state index contributed by atoms with van der Waals surface area (Å²) in [5, 5.41) is 4.05. The van der Waals surface area contributed by atoms with E-state index in [1.54, 1.807) is 18.2 Å². The van der Waals surface area contributed by atoms with E-state index in [-0.39, 0.29) is 5.91 Å². The van der Waals surface area contributed by atoms with Crippen molar-refractivity contribution in [2.75, 3.05) is 5.32 Å². The quantitative estimate of drug-likeness (QED) is 0.737. The van der Waals surface area contributed by atoms with Gasteiger partial charge in [-0.15, -0.1) is 11.3 Å². The number of fused-ring (bicyclic) bond motifs is 1. The molecule has 0 unspecified atom stereocenters. The maximum Gasteiger partial charge on any atom is 0.251 e. The molecule has 1 aliphatic carbocycles. The van der Waals surface area contributed by atoms with Gasteiger partial charge in [-0.2, -0.15) is 0 Å². The van der Waals surface area contributed by atoms with Crippen LogP contribution in [0.15, 0.2) is 30.3 Å². The van der Waals surface area contributed by atoms with Gasteiger partial charge in [0.25, 0.3) is 5.91 Å². The number of benzene rings is 1. The maximum absolute atomic E-state index is 12.3. The van der Waals surface area contributed by atoms with E-state index >= 15 is 0 Å². The van der Waals surface area contributed by atoms with Gasteiger partial charge in [0.1, 0.15) is 5.00 Å². The number of halogens is 1. The van der Waals surface area contributed by atoms with Crippen LogP contribution in [0.4, 0.5) is 5.00 Å². The van der Waals surface area contributed by atoms with Crippen molar-refractivity contribution < 1.29 is 9.59 Å². The van der Waals surface area contributed by atoms with E-state index < -0.39 is 5.91 Å². The molecular weight excluding hydrogens is 368 g/mol. The minimum Gasteiger partial charge on any atom is -0.365 e. The summed E-state index contributed by atoms with van der Waals surface area (Å²) in [5.41, 5.74) is 8.00. The Balaban J connectivity index is 1.80. The van der Waals surface area contributed by atoms with Crippen molar-refractivity contribution in [2.45, 2.75) is 38.5 Å². The number of thiophene rings is 1. The van der Waals surface area contributed by atoms with Crippen LogP contribution >= 0.6 is 22.9 Å². The molecule has 1 aromatic heterocycles. The van der Waals surface area contributed by atoms with Crippen LogP contribution in [-0.2, 0) is 17.6 Å². The predicted octanol–water partition coefficient (Wildman–Crippen LogP) is 4.81. The molecule has 3 N–H and O–H groups in total. The second-order valence-electron chi connectivity index (χ2n) is 6.36. The molecule has 1 heterocycles. The first-order chi connectivity index (χ1) is 12.5. The number of hydrogen-bond donors (Lipinski definition) is 2. The van der Waals surface area contributed by atoms with Crippen molar-refractivity contribution in [3.05, 3.63) is 56.9 Å². The lowest BCUT2D eigenvalue weighted by atomic mass is 9.96. The number of rotatable bonds is 4. The van der Waals surface area contributed by atoms with Crippen molar-refractivity contribution in [3.63, 3.8) is 0 Å².